The Morgan fingerprint density at radius 2 is 2.05 bits per heavy atom. The minimum Gasteiger partial charge on any atom is -0.493 e. The molecule has 0 fully saturated rings. The first-order valence-corrected chi connectivity index (χ1v) is 6.88. The van der Waals surface area contributed by atoms with Crippen molar-refractivity contribution in [2.24, 2.45) is 5.92 Å². The van der Waals surface area contributed by atoms with E-state index in [0.29, 0.717) is 13.2 Å². The molecule has 4 nitrogen and oxygen atoms in total. The number of hydrogen-bond donors (Lipinski definition) is 1. The fourth-order valence-electron chi connectivity index (χ4n) is 2.05. The Morgan fingerprint density at radius 3 is 2.79 bits per heavy atom. The van der Waals surface area contributed by atoms with Crippen molar-refractivity contribution in [1.82, 2.24) is 5.32 Å². The molecule has 1 aromatic rings. The lowest BCUT2D eigenvalue weighted by atomic mass is 10.1. The predicted molar refractivity (Wildman–Crippen MR) is 75.1 cm³/mol. The summed E-state index contributed by atoms with van der Waals surface area (Å²) in [5.41, 5.74) is 1.16. The highest BCUT2D eigenvalue weighted by Crippen LogP contribution is 2.40. The minimum absolute atomic E-state index is 0.579. The Kier molecular flexibility index (Phi) is 4.91. The maximum absolute atomic E-state index is 5.62. The molecule has 2 rings (SSSR count). The van der Waals surface area contributed by atoms with Gasteiger partial charge in [0.15, 0.2) is 11.5 Å². The van der Waals surface area contributed by atoms with E-state index < -0.39 is 0 Å². The van der Waals surface area contributed by atoms with Gasteiger partial charge in [-0.05, 0) is 36.6 Å². The van der Waals surface area contributed by atoms with Gasteiger partial charge >= 0.3 is 0 Å². The number of ether oxygens (including phenoxy) is 3. The topological polar surface area (TPSA) is 39.7 Å². The second kappa shape index (κ2) is 6.66. The second-order valence-electron chi connectivity index (χ2n) is 5.18. The number of benzene rings is 1. The number of fused-ring (bicyclic) bond motifs is 1. The second-order valence-corrected chi connectivity index (χ2v) is 5.18. The molecule has 4 heteroatoms. The molecule has 0 atom stereocenters. The average Bonchev–Trinajstić information content (AvgIpc) is 2.42. The molecule has 0 radical (unpaired) electrons. The molecule has 0 saturated heterocycles. The Hall–Kier alpha value is -1.42. The van der Waals surface area contributed by atoms with E-state index in [1.54, 1.807) is 7.11 Å². The van der Waals surface area contributed by atoms with Crippen LogP contribution in [0.4, 0.5) is 0 Å². The molecule has 0 saturated carbocycles. The molecule has 0 amide bonds. The van der Waals surface area contributed by atoms with Gasteiger partial charge in [0.25, 0.3) is 0 Å². The highest BCUT2D eigenvalue weighted by Gasteiger charge is 2.18. The summed E-state index contributed by atoms with van der Waals surface area (Å²) in [4.78, 5) is 0. The SMILES string of the molecule is COc1cc(CNCCC(C)C)cc2c1OCCO2. The lowest BCUT2D eigenvalue weighted by Gasteiger charge is -2.21. The monoisotopic (exact) mass is 265 g/mol. The van der Waals surface area contributed by atoms with Crippen LogP contribution in [0.2, 0.25) is 0 Å². The van der Waals surface area contributed by atoms with Crippen molar-refractivity contribution in [3.05, 3.63) is 17.7 Å². The molecular weight excluding hydrogens is 242 g/mol. The summed E-state index contributed by atoms with van der Waals surface area (Å²) >= 11 is 0. The average molecular weight is 265 g/mol. The van der Waals surface area contributed by atoms with Gasteiger partial charge < -0.3 is 19.5 Å². The fourth-order valence-corrected chi connectivity index (χ4v) is 2.05. The quantitative estimate of drug-likeness (QED) is 0.803. The third-order valence-electron chi connectivity index (χ3n) is 3.12. The number of methoxy groups -OCH3 is 1. The lowest BCUT2D eigenvalue weighted by Crippen LogP contribution is -2.18. The summed E-state index contributed by atoms with van der Waals surface area (Å²) in [6.07, 6.45) is 1.18. The van der Waals surface area contributed by atoms with Gasteiger partial charge in [-0.1, -0.05) is 13.8 Å². The zero-order valence-corrected chi connectivity index (χ0v) is 12.0. The van der Waals surface area contributed by atoms with Gasteiger partial charge in [-0.3, -0.25) is 0 Å². The van der Waals surface area contributed by atoms with Crippen LogP contribution in [-0.4, -0.2) is 26.9 Å². The fraction of sp³-hybridized carbons (Fsp3) is 0.600. The Balaban J connectivity index is 2.01. The highest BCUT2D eigenvalue weighted by molar-refractivity contribution is 5.54. The Morgan fingerprint density at radius 1 is 1.26 bits per heavy atom. The third kappa shape index (κ3) is 3.77. The van der Waals surface area contributed by atoms with E-state index in [2.05, 4.69) is 19.2 Å². The largest absolute Gasteiger partial charge is 0.493 e. The van der Waals surface area contributed by atoms with Crippen molar-refractivity contribution in [2.75, 3.05) is 26.9 Å². The molecule has 0 aromatic heterocycles. The number of hydrogen-bond acceptors (Lipinski definition) is 4. The highest BCUT2D eigenvalue weighted by atomic mass is 16.6. The van der Waals surface area contributed by atoms with Crippen LogP contribution < -0.4 is 19.5 Å². The molecule has 0 aliphatic carbocycles. The molecule has 1 aliphatic heterocycles. The van der Waals surface area contributed by atoms with Crippen molar-refractivity contribution in [1.29, 1.82) is 0 Å². The first-order chi connectivity index (χ1) is 9.20. The van der Waals surface area contributed by atoms with E-state index >= 15 is 0 Å². The van der Waals surface area contributed by atoms with E-state index in [0.717, 1.165) is 41.8 Å². The summed E-state index contributed by atoms with van der Waals surface area (Å²) in [7, 11) is 1.66. The standard InChI is InChI=1S/C15H23NO3/c1-11(2)4-5-16-10-12-8-13(17-3)15-14(9-12)18-6-7-19-15/h8-9,11,16H,4-7,10H2,1-3H3. The van der Waals surface area contributed by atoms with Crippen LogP contribution in [0.25, 0.3) is 0 Å². The summed E-state index contributed by atoms with van der Waals surface area (Å²) in [5, 5.41) is 3.44. The van der Waals surface area contributed by atoms with Gasteiger partial charge in [0.2, 0.25) is 5.75 Å². The van der Waals surface area contributed by atoms with Crippen molar-refractivity contribution >= 4 is 0 Å². The molecule has 0 spiro atoms. The van der Waals surface area contributed by atoms with Crippen molar-refractivity contribution < 1.29 is 14.2 Å². The Labute approximate surface area is 115 Å². The molecule has 1 aliphatic rings. The third-order valence-corrected chi connectivity index (χ3v) is 3.12. The van der Waals surface area contributed by atoms with Crippen LogP contribution in [0.3, 0.4) is 0 Å². The molecule has 1 aromatic carbocycles. The lowest BCUT2D eigenvalue weighted by molar-refractivity contribution is 0.165. The summed E-state index contributed by atoms with van der Waals surface area (Å²) in [6, 6.07) is 4.04. The van der Waals surface area contributed by atoms with Crippen LogP contribution in [0.1, 0.15) is 25.8 Å². The van der Waals surface area contributed by atoms with E-state index in [1.807, 2.05) is 12.1 Å². The molecule has 106 valence electrons. The summed E-state index contributed by atoms with van der Waals surface area (Å²) in [6.45, 7) is 7.48. The van der Waals surface area contributed by atoms with E-state index in [1.165, 1.54) is 6.42 Å². The summed E-state index contributed by atoms with van der Waals surface area (Å²) in [5.74, 6) is 2.98. The van der Waals surface area contributed by atoms with Crippen LogP contribution in [0.5, 0.6) is 17.2 Å². The zero-order chi connectivity index (χ0) is 13.7. The number of rotatable bonds is 6. The number of nitrogens with one attached hydrogen (secondary N) is 1. The Bertz CT molecular complexity index is 401. The zero-order valence-electron chi connectivity index (χ0n) is 12.0. The molecule has 1 N–H and O–H groups in total. The van der Waals surface area contributed by atoms with Gasteiger partial charge in [-0.25, -0.2) is 0 Å². The van der Waals surface area contributed by atoms with Crippen molar-refractivity contribution in [3.63, 3.8) is 0 Å². The van der Waals surface area contributed by atoms with Crippen molar-refractivity contribution in [3.8, 4) is 17.2 Å². The molecule has 0 bridgehead atoms. The van der Waals surface area contributed by atoms with Crippen LogP contribution in [0.15, 0.2) is 12.1 Å². The van der Waals surface area contributed by atoms with Crippen LogP contribution in [0, 0.1) is 5.92 Å². The summed E-state index contributed by atoms with van der Waals surface area (Å²) < 4.78 is 16.6. The first kappa shape index (κ1) is 14.0. The van der Waals surface area contributed by atoms with Gasteiger partial charge in [0.1, 0.15) is 13.2 Å². The van der Waals surface area contributed by atoms with Gasteiger partial charge in [-0.15, -0.1) is 0 Å². The normalized spacial score (nSPS) is 13.7. The van der Waals surface area contributed by atoms with Crippen LogP contribution in [-0.2, 0) is 6.54 Å². The van der Waals surface area contributed by atoms with Gasteiger partial charge in [0.05, 0.1) is 7.11 Å². The van der Waals surface area contributed by atoms with Crippen LogP contribution >= 0.6 is 0 Å². The minimum atomic E-state index is 0.579. The van der Waals surface area contributed by atoms with Gasteiger partial charge in [0, 0.05) is 6.54 Å². The van der Waals surface area contributed by atoms with Gasteiger partial charge in [-0.2, -0.15) is 0 Å². The van der Waals surface area contributed by atoms with E-state index in [4.69, 9.17) is 14.2 Å². The molecule has 1 heterocycles. The first-order valence-electron chi connectivity index (χ1n) is 6.88. The molecule has 0 unspecified atom stereocenters. The molecular formula is C15H23NO3. The molecule has 19 heavy (non-hydrogen) atoms. The predicted octanol–water partition coefficient (Wildman–Crippen LogP) is 2.60. The van der Waals surface area contributed by atoms with E-state index in [-0.39, 0.29) is 0 Å². The van der Waals surface area contributed by atoms with Crippen molar-refractivity contribution in [2.45, 2.75) is 26.8 Å². The smallest absolute Gasteiger partial charge is 0.203 e. The maximum atomic E-state index is 5.62. The maximum Gasteiger partial charge on any atom is 0.203 e. The van der Waals surface area contributed by atoms with E-state index in [9.17, 15) is 0 Å².